The molecule has 3 N–H and O–H groups in total. The Kier molecular flexibility index (Phi) is 5.91. The summed E-state index contributed by atoms with van der Waals surface area (Å²) in [6.07, 6.45) is 3.23. The number of thioether (sulfide) groups is 1. The maximum Gasteiger partial charge on any atom is 0.220 e. The molecular weight excluding hydrogens is 232 g/mol. The minimum Gasteiger partial charge on any atom is -0.399 e. The van der Waals surface area contributed by atoms with Gasteiger partial charge in [0.2, 0.25) is 5.91 Å². The summed E-state index contributed by atoms with van der Waals surface area (Å²) >= 11 is 1.73. The average molecular weight is 252 g/mol. The van der Waals surface area contributed by atoms with Gasteiger partial charge < -0.3 is 11.1 Å². The number of benzene rings is 1. The molecule has 94 valence electrons. The van der Waals surface area contributed by atoms with Crippen molar-refractivity contribution in [3.8, 4) is 0 Å². The van der Waals surface area contributed by atoms with Gasteiger partial charge in [-0.1, -0.05) is 18.2 Å². The van der Waals surface area contributed by atoms with Crippen molar-refractivity contribution in [3.05, 3.63) is 29.8 Å². The Bertz CT molecular complexity index is 368. The molecule has 1 atom stereocenters. The Morgan fingerprint density at radius 1 is 1.47 bits per heavy atom. The second-order valence-corrected chi connectivity index (χ2v) is 5.03. The van der Waals surface area contributed by atoms with Gasteiger partial charge in [0.1, 0.15) is 0 Å². The van der Waals surface area contributed by atoms with E-state index in [1.165, 1.54) is 0 Å². The van der Waals surface area contributed by atoms with Gasteiger partial charge in [0, 0.05) is 23.9 Å². The van der Waals surface area contributed by atoms with Crippen molar-refractivity contribution in [1.29, 1.82) is 0 Å². The smallest absolute Gasteiger partial charge is 0.220 e. The highest BCUT2D eigenvalue weighted by Gasteiger charge is 2.07. The standard InChI is InChI=1S/C13H20N2OS/c1-10(9-17-2)15-13(16)8-7-11-5-3-4-6-12(11)14/h3-6,10H,7-9,14H2,1-2H3,(H,15,16). The number of nitrogen functional groups attached to an aromatic ring is 1. The van der Waals surface area contributed by atoms with Crippen molar-refractivity contribution in [1.82, 2.24) is 5.32 Å². The average Bonchev–Trinajstić information content (AvgIpc) is 2.28. The molecule has 0 radical (unpaired) electrons. The fraction of sp³-hybridized carbons (Fsp3) is 0.462. The summed E-state index contributed by atoms with van der Waals surface area (Å²) in [7, 11) is 0. The van der Waals surface area contributed by atoms with Crippen LogP contribution in [0.2, 0.25) is 0 Å². The van der Waals surface area contributed by atoms with Gasteiger partial charge in [-0.25, -0.2) is 0 Å². The van der Waals surface area contributed by atoms with E-state index >= 15 is 0 Å². The molecule has 0 heterocycles. The maximum absolute atomic E-state index is 11.7. The SMILES string of the molecule is CSCC(C)NC(=O)CCc1ccccc1N. The fourth-order valence-electron chi connectivity index (χ4n) is 1.65. The second kappa shape index (κ2) is 7.22. The minimum atomic E-state index is 0.0924. The van der Waals surface area contributed by atoms with Crippen molar-refractivity contribution in [2.45, 2.75) is 25.8 Å². The van der Waals surface area contributed by atoms with Crippen LogP contribution in [0.3, 0.4) is 0 Å². The van der Waals surface area contributed by atoms with Crippen LogP contribution in [0.5, 0.6) is 0 Å². The highest BCUT2D eigenvalue weighted by Crippen LogP contribution is 2.12. The number of nitrogens with one attached hydrogen (secondary N) is 1. The van der Waals surface area contributed by atoms with Crippen LogP contribution < -0.4 is 11.1 Å². The zero-order chi connectivity index (χ0) is 12.7. The van der Waals surface area contributed by atoms with Crippen LogP contribution in [0.15, 0.2) is 24.3 Å². The lowest BCUT2D eigenvalue weighted by Crippen LogP contribution is -2.34. The maximum atomic E-state index is 11.7. The van der Waals surface area contributed by atoms with E-state index in [9.17, 15) is 4.79 Å². The van der Waals surface area contributed by atoms with Gasteiger partial charge in [0.15, 0.2) is 0 Å². The van der Waals surface area contributed by atoms with Crippen molar-refractivity contribution < 1.29 is 4.79 Å². The molecule has 0 fully saturated rings. The van der Waals surface area contributed by atoms with Gasteiger partial charge in [-0.15, -0.1) is 0 Å². The van der Waals surface area contributed by atoms with Crippen LogP contribution in [0.4, 0.5) is 5.69 Å². The predicted octanol–water partition coefficient (Wildman–Crippen LogP) is 2.07. The first-order valence-corrected chi connectivity index (χ1v) is 7.14. The van der Waals surface area contributed by atoms with Crippen molar-refractivity contribution in [2.24, 2.45) is 0 Å². The molecule has 0 aromatic heterocycles. The Morgan fingerprint density at radius 2 is 2.18 bits per heavy atom. The quantitative estimate of drug-likeness (QED) is 0.762. The van der Waals surface area contributed by atoms with Gasteiger partial charge >= 0.3 is 0 Å². The molecule has 1 aromatic carbocycles. The summed E-state index contributed by atoms with van der Waals surface area (Å²) in [4.78, 5) is 11.7. The van der Waals surface area contributed by atoms with E-state index in [1.807, 2.05) is 37.4 Å². The largest absolute Gasteiger partial charge is 0.399 e. The molecule has 0 saturated heterocycles. The minimum absolute atomic E-state index is 0.0924. The third-order valence-corrected chi connectivity index (χ3v) is 3.33. The van der Waals surface area contributed by atoms with Crippen molar-refractivity contribution >= 4 is 23.4 Å². The second-order valence-electron chi connectivity index (χ2n) is 4.12. The topological polar surface area (TPSA) is 55.1 Å². The number of amides is 1. The predicted molar refractivity (Wildman–Crippen MR) is 75.2 cm³/mol. The third-order valence-electron chi connectivity index (χ3n) is 2.50. The fourth-order valence-corrected chi connectivity index (χ4v) is 2.23. The van der Waals surface area contributed by atoms with E-state index in [2.05, 4.69) is 5.32 Å². The van der Waals surface area contributed by atoms with E-state index in [0.29, 0.717) is 12.8 Å². The summed E-state index contributed by atoms with van der Waals surface area (Å²) in [5, 5.41) is 2.97. The van der Waals surface area contributed by atoms with Crippen LogP contribution >= 0.6 is 11.8 Å². The number of anilines is 1. The number of hydrogen-bond donors (Lipinski definition) is 2. The van der Waals surface area contributed by atoms with Crippen molar-refractivity contribution in [3.63, 3.8) is 0 Å². The lowest BCUT2D eigenvalue weighted by molar-refractivity contribution is -0.121. The van der Waals surface area contributed by atoms with E-state index in [0.717, 1.165) is 17.0 Å². The highest BCUT2D eigenvalue weighted by molar-refractivity contribution is 7.98. The van der Waals surface area contributed by atoms with Gasteiger partial charge in [-0.2, -0.15) is 11.8 Å². The van der Waals surface area contributed by atoms with Gasteiger partial charge in [0.25, 0.3) is 0 Å². The van der Waals surface area contributed by atoms with Gasteiger partial charge in [-0.05, 0) is 31.2 Å². The molecular formula is C13H20N2OS. The van der Waals surface area contributed by atoms with Crippen LogP contribution in [0.25, 0.3) is 0 Å². The number of carbonyl (C=O) groups is 1. The first-order chi connectivity index (χ1) is 8.13. The molecule has 17 heavy (non-hydrogen) atoms. The molecule has 0 bridgehead atoms. The zero-order valence-electron chi connectivity index (χ0n) is 10.4. The molecule has 0 aliphatic rings. The van der Waals surface area contributed by atoms with Crippen LogP contribution in [-0.2, 0) is 11.2 Å². The number of aryl methyl sites for hydroxylation is 1. The third kappa shape index (κ3) is 5.13. The Morgan fingerprint density at radius 3 is 2.82 bits per heavy atom. The van der Waals surface area contributed by atoms with Crippen LogP contribution in [0.1, 0.15) is 18.9 Å². The first-order valence-electron chi connectivity index (χ1n) is 5.75. The first kappa shape index (κ1) is 13.9. The van der Waals surface area contributed by atoms with Crippen LogP contribution in [-0.4, -0.2) is 24.0 Å². The summed E-state index contributed by atoms with van der Waals surface area (Å²) in [6, 6.07) is 7.90. The van der Waals surface area contributed by atoms with Crippen LogP contribution in [0, 0.1) is 0 Å². The molecule has 1 rings (SSSR count). The van der Waals surface area contributed by atoms with E-state index in [1.54, 1.807) is 11.8 Å². The Labute approximate surface area is 107 Å². The molecule has 1 aromatic rings. The number of rotatable bonds is 6. The lowest BCUT2D eigenvalue weighted by Gasteiger charge is -2.12. The number of para-hydroxylation sites is 1. The zero-order valence-corrected chi connectivity index (χ0v) is 11.2. The normalized spacial score (nSPS) is 12.1. The van der Waals surface area contributed by atoms with E-state index in [-0.39, 0.29) is 11.9 Å². The van der Waals surface area contributed by atoms with E-state index < -0.39 is 0 Å². The van der Waals surface area contributed by atoms with Gasteiger partial charge in [0.05, 0.1) is 0 Å². The highest BCUT2D eigenvalue weighted by atomic mass is 32.2. The Hall–Kier alpha value is -1.16. The summed E-state index contributed by atoms with van der Waals surface area (Å²) in [6.45, 7) is 2.02. The summed E-state index contributed by atoms with van der Waals surface area (Å²) in [5.41, 5.74) is 7.62. The van der Waals surface area contributed by atoms with Crippen molar-refractivity contribution in [2.75, 3.05) is 17.7 Å². The summed E-state index contributed by atoms with van der Waals surface area (Å²) < 4.78 is 0. The number of carbonyl (C=O) groups excluding carboxylic acids is 1. The monoisotopic (exact) mass is 252 g/mol. The molecule has 1 unspecified atom stereocenters. The molecule has 3 nitrogen and oxygen atoms in total. The Balaban J connectivity index is 2.36. The molecule has 0 aliphatic carbocycles. The number of nitrogens with two attached hydrogens (primary N) is 1. The van der Waals surface area contributed by atoms with Gasteiger partial charge in [-0.3, -0.25) is 4.79 Å². The molecule has 0 spiro atoms. The van der Waals surface area contributed by atoms with E-state index in [4.69, 9.17) is 5.73 Å². The lowest BCUT2D eigenvalue weighted by atomic mass is 10.1. The summed E-state index contributed by atoms with van der Waals surface area (Å²) in [5.74, 6) is 1.04. The molecule has 4 heteroatoms. The molecule has 1 amide bonds. The number of hydrogen-bond acceptors (Lipinski definition) is 3. The molecule has 0 saturated carbocycles. The molecule has 0 aliphatic heterocycles.